The second kappa shape index (κ2) is 9.01. The van der Waals surface area contributed by atoms with E-state index in [4.69, 9.17) is 4.74 Å². The van der Waals surface area contributed by atoms with Gasteiger partial charge >= 0.3 is 5.97 Å². The Bertz CT molecular complexity index is 864. The minimum absolute atomic E-state index is 0.212. The number of piperazine rings is 1. The van der Waals surface area contributed by atoms with Crippen LogP contribution >= 0.6 is 0 Å². The van der Waals surface area contributed by atoms with Crippen LogP contribution in [0.3, 0.4) is 0 Å². The number of anilines is 1. The summed E-state index contributed by atoms with van der Waals surface area (Å²) in [5.74, 6) is -0.842. The molecular weight excluding hydrogens is 376 g/mol. The molecule has 1 saturated heterocycles. The van der Waals surface area contributed by atoms with E-state index in [-0.39, 0.29) is 11.5 Å². The first-order valence-electron chi connectivity index (χ1n) is 9.19. The van der Waals surface area contributed by atoms with Crippen LogP contribution in [0.15, 0.2) is 59.5 Å². The second-order valence-electron chi connectivity index (χ2n) is 6.65. The maximum absolute atomic E-state index is 12.7. The van der Waals surface area contributed by atoms with Gasteiger partial charge in [-0.2, -0.15) is 0 Å². The van der Waals surface area contributed by atoms with Crippen molar-refractivity contribution in [2.45, 2.75) is 17.9 Å². The van der Waals surface area contributed by atoms with Crippen molar-refractivity contribution >= 4 is 28.4 Å². The molecule has 1 aliphatic rings. The number of carbonyl (C=O) groups excluding carboxylic acids is 2. The lowest BCUT2D eigenvalue weighted by Crippen LogP contribution is -2.51. The summed E-state index contributed by atoms with van der Waals surface area (Å²) in [5, 5.41) is 0. The zero-order chi connectivity index (χ0) is 20.1. The van der Waals surface area contributed by atoms with Crippen LogP contribution < -0.4 is 4.90 Å². The fourth-order valence-corrected chi connectivity index (χ4v) is 3.97. The molecule has 0 spiro atoms. The molecule has 1 fully saturated rings. The van der Waals surface area contributed by atoms with Gasteiger partial charge in [-0.3, -0.25) is 9.00 Å². The van der Waals surface area contributed by atoms with Gasteiger partial charge < -0.3 is 14.5 Å². The lowest BCUT2D eigenvalue weighted by atomic mass is 10.2. The Labute approximate surface area is 167 Å². The van der Waals surface area contributed by atoms with E-state index in [0.717, 1.165) is 18.8 Å². The van der Waals surface area contributed by atoms with Gasteiger partial charge in [-0.15, -0.1) is 0 Å². The molecule has 2 atom stereocenters. The summed E-state index contributed by atoms with van der Waals surface area (Å²) in [6.07, 6.45) is 0.613. The Morgan fingerprint density at radius 3 is 2.21 bits per heavy atom. The third-order valence-corrected chi connectivity index (χ3v) is 5.74. The average molecular weight is 401 g/mol. The van der Waals surface area contributed by atoms with Crippen molar-refractivity contribution in [2.24, 2.45) is 0 Å². The molecule has 0 bridgehead atoms. The summed E-state index contributed by atoms with van der Waals surface area (Å²) in [6.45, 7) is 4.19. The first-order valence-corrected chi connectivity index (χ1v) is 10.8. The van der Waals surface area contributed by atoms with Gasteiger partial charge in [0.2, 0.25) is 0 Å². The van der Waals surface area contributed by atoms with Gasteiger partial charge in [0, 0.05) is 38.1 Å². The quantitative estimate of drug-likeness (QED) is 0.721. The molecule has 6 nitrogen and oxygen atoms in total. The predicted molar refractivity (Wildman–Crippen MR) is 109 cm³/mol. The summed E-state index contributed by atoms with van der Waals surface area (Å²) in [6, 6.07) is 16.7. The van der Waals surface area contributed by atoms with Gasteiger partial charge in [0.25, 0.3) is 5.91 Å². The maximum atomic E-state index is 12.7. The Morgan fingerprint density at radius 2 is 1.57 bits per heavy atom. The molecule has 0 radical (unpaired) electrons. The van der Waals surface area contributed by atoms with Crippen LogP contribution in [0.4, 0.5) is 5.69 Å². The van der Waals surface area contributed by atoms with Crippen LogP contribution in [0, 0.1) is 0 Å². The van der Waals surface area contributed by atoms with Crippen molar-refractivity contribution in [3.63, 3.8) is 0 Å². The monoisotopic (exact) mass is 400 g/mol. The summed E-state index contributed by atoms with van der Waals surface area (Å²) in [5.41, 5.74) is 1.37. The smallest absolute Gasteiger partial charge is 0.340 e. The molecule has 2 aromatic rings. The van der Waals surface area contributed by atoms with E-state index >= 15 is 0 Å². The molecule has 0 aromatic heterocycles. The molecule has 148 valence electrons. The van der Waals surface area contributed by atoms with E-state index in [1.54, 1.807) is 36.1 Å². The van der Waals surface area contributed by atoms with E-state index in [1.165, 1.54) is 6.26 Å². The van der Waals surface area contributed by atoms with Crippen molar-refractivity contribution in [1.29, 1.82) is 0 Å². The van der Waals surface area contributed by atoms with Crippen molar-refractivity contribution in [2.75, 3.05) is 37.3 Å². The van der Waals surface area contributed by atoms with Gasteiger partial charge in [0.05, 0.1) is 21.3 Å². The molecule has 1 aliphatic heterocycles. The van der Waals surface area contributed by atoms with E-state index in [9.17, 15) is 13.8 Å². The molecule has 2 aromatic carbocycles. The highest BCUT2D eigenvalue weighted by atomic mass is 32.2. The molecule has 1 heterocycles. The van der Waals surface area contributed by atoms with Gasteiger partial charge in [-0.1, -0.05) is 30.3 Å². The number of carbonyl (C=O) groups is 2. The van der Waals surface area contributed by atoms with Crippen molar-refractivity contribution < 1.29 is 18.5 Å². The number of hydrogen-bond donors (Lipinski definition) is 0. The maximum Gasteiger partial charge on any atom is 0.340 e. The molecule has 3 rings (SSSR count). The Kier molecular flexibility index (Phi) is 6.46. The summed E-state index contributed by atoms with van der Waals surface area (Å²) < 4.78 is 17.2. The highest BCUT2D eigenvalue weighted by molar-refractivity contribution is 7.84. The van der Waals surface area contributed by atoms with Crippen molar-refractivity contribution in [3.8, 4) is 0 Å². The lowest BCUT2D eigenvalue weighted by molar-refractivity contribution is -0.140. The number of esters is 1. The minimum Gasteiger partial charge on any atom is -0.449 e. The first-order chi connectivity index (χ1) is 13.5. The number of nitrogens with zero attached hydrogens (tertiary/aromatic N) is 2. The SMILES string of the molecule is C[C@H](OC(=O)c1ccccc1[S@](C)=O)C(=O)N1CCN(c2ccccc2)CC1. The molecule has 28 heavy (non-hydrogen) atoms. The zero-order valence-corrected chi connectivity index (χ0v) is 16.9. The van der Waals surface area contributed by atoms with Crippen LogP contribution in [-0.2, 0) is 20.3 Å². The van der Waals surface area contributed by atoms with Crippen LogP contribution in [0.25, 0.3) is 0 Å². The molecule has 0 saturated carbocycles. The third-order valence-electron chi connectivity index (χ3n) is 4.76. The van der Waals surface area contributed by atoms with Gasteiger partial charge in [-0.25, -0.2) is 4.79 Å². The summed E-state index contributed by atoms with van der Waals surface area (Å²) in [7, 11) is -1.31. The predicted octanol–water partition coefficient (Wildman–Crippen LogP) is 2.32. The standard InChI is InChI=1S/C21H24N2O4S/c1-16(27-21(25)18-10-6-7-11-19(18)28(2)26)20(24)23-14-12-22(13-15-23)17-8-4-3-5-9-17/h3-11,16H,12-15H2,1-2H3/t16-,28-/m0/s1. The number of benzene rings is 2. The first kappa shape index (κ1) is 20.1. The van der Waals surface area contributed by atoms with E-state index in [1.807, 2.05) is 18.2 Å². The normalized spacial score (nSPS) is 16.4. The lowest BCUT2D eigenvalue weighted by Gasteiger charge is -2.37. The Hall–Kier alpha value is -2.67. The molecule has 0 aliphatic carbocycles. The van der Waals surface area contributed by atoms with E-state index in [0.29, 0.717) is 18.0 Å². The molecule has 0 unspecified atom stereocenters. The average Bonchev–Trinajstić information content (AvgIpc) is 2.73. The molecule has 0 N–H and O–H groups in total. The molecule has 1 amide bonds. The summed E-state index contributed by atoms with van der Waals surface area (Å²) >= 11 is 0. The van der Waals surface area contributed by atoms with Crippen LogP contribution in [0.5, 0.6) is 0 Å². The van der Waals surface area contributed by atoms with Gasteiger partial charge in [0.15, 0.2) is 6.10 Å². The number of rotatable bonds is 5. The number of hydrogen-bond acceptors (Lipinski definition) is 5. The van der Waals surface area contributed by atoms with E-state index < -0.39 is 22.9 Å². The topological polar surface area (TPSA) is 66.9 Å². The number of ether oxygens (including phenoxy) is 1. The van der Waals surface area contributed by atoms with Gasteiger partial charge in [-0.05, 0) is 31.2 Å². The summed E-state index contributed by atoms with van der Waals surface area (Å²) in [4.78, 5) is 29.5. The Balaban J connectivity index is 1.58. The van der Waals surface area contributed by atoms with Crippen LogP contribution in [-0.4, -0.2) is 59.5 Å². The van der Waals surface area contributed by atoms with Gasteiger partial charge in [0.1, 0.15) is 0 Å². The molecule has 7 heteroatoms. The third kappa shape index (κ3) is 4.59. The number of amides is 1. The fourth-order valence-electron chi connectivity index (χ4n) is 3.24. The van der Waals surface area contributed by atoms with E-state index in [2.05, 4.69) is 17.0 Å². The van der Waals surface area contributed by atoms with Crippen LogP contribution in [0.1, 0.15) is 17.3 Å². The van der Waals surface area contributed by atoms with Crippen molar-refractivity contribution in [1.82, 2.24) is 4.90 Å². The highest BCUT2D eigenvalue weighted by Gasteiger charge is 2.28. The second-order valence-corrected chi connectivity index (χ2v) is 7.99. The largest absolute Gasteiger partial charge is 0.449 e. The van der Waals surface area contributed by atoms with Crippen LogP contribution in [0.2, 0.25) is 0 Å². The van der Waals surface area contributed by atoms with Crippen molar-refractivity contribution in [3.05, 3.63) is 60.2 Å². The Morgan fingerprint density at radius 1 is 0.964 bits per heavy atom. The minimum atomic E-state index is -1.31. The molecular formula is C21H24N2O4S. The number of para-hydroxylation sites is 1. The zero-order valence-electron chi connectivity index (χ0n) is 16.0. The highest BCUT2D eigenvalue weighted by Crippen LogP contribution is 2.18. The fraction of sp³-hybridized carbons (Fsp3) is 0.333.